The number of hydrogen-bond donors (Lipinski definition) is 1. The van der Waals surface area contributed by atoms with Gasteiger partial charge in [-0.2, -0.15) is 0 Å². The van der Waals surface area contributed by atoms with E-state index in [1.165, 1.54) is 0 Å². The van der Waals surface area contributed by atoms with Gasteiger partial charge in [-0.25, -0.2) is 4.79 Å². The van der Waals surface area contributed by atoms with Crippen molar-refractivity contribution in [3.05, 3.63) is 0 Å². The van der Waals surface area contributed by atoms with Gasteiger partial charge in [0.15, 0.2) is 0 Å². The summed E-state index contributed by atoms with van der Waals surface area (Å²) in [6, 6.07) is 0. The molecule has 0 spiro atoms. The molecule has 0 radical (unpaired) electrons. The molecule has 0 aromatic rings. The number of carbonyl (C=O) groups is 1. The number of cyclic esters (lactones) is 1. The highest BCUT2D eigenvalue weighted by Gasteiger charge is 2.25. The van der Waals surface area contributed by atoms with Gasteiger partial charge >= 0.3 is 6.09 Å². The average Bonchev–Trinajstić information content (AvgIpc) is 2.23. The van der Waals surface area contributed by atoms with E-state index in [1.807, 2.05) is 0 Å². The molecule has 1 aliphatic heterocycles. The molecule has 0 saturated carbocycles. The van der Waals surface area contributed by atoms with E-state index in [4.69, 9.17) is 15.2 Å². The molecule has 1 aliphatic rings. The maximum absolute atomic E-state index is 11.4. The average molecular weight is 216 g/mol. The Morgan fingerprint density at radius 1 is 1.67 bits per heavy atom. The number of nitrogens with two attached hydrogens (primary N) is 1. The SMILES string of the molecule is COCCCN1CC(CCN)COC1=O. The molecule has 0 aromatic carbocycles. The first-order chi connectivity index (χ1) is 7.27. The van der Waals surface area contributed by atoms with Crippen LogP contribution in [0, 0.1) is 5.92 Å². The fraction of sp³-hybridized carbons (Fsp3) is 0.900. The summed E-state index contributed by atoms with van der Waals surface area (Å²) in [4.78, 5) is 13.1. The number of ether oxygens (including phenoxy) is 2. The zero-order valence-corrected chi connectivity index (χ0v) is 9.28. The highest BCUT2D eigenvalue weighted by atomic mass is 16.6. The lowest BCUT2D eigenvalue weighted by Crippen LogP contribution is -2.44. The Morgan fingerprint density at radius 2 is 2.47 bits per heavy atom. The standard InChI is InChI=1S/C10H20N2O3/c1-14-6-2-5-12-7-9(3-4-11)8-15-10(12)13/h9H,2-8,11H2,1H3. The van der Waals surface area contributed by atoms with E-state index in [0.717, 1.165) is 19.4 Å². The third-order valence-electron chi connectivity index (χ3n) is 2.53. The Balaban J connectivity index is 2.29. The molecule has 1 amide bonds. The van der Waals surface area contributed by atoms with E-state index in [1.54, 1.807) is 12.0 Å². The fourth-order valence-electron chi connectivity index (χ4n) is 1.71. The van der Waals surface area contributed by atoms with Crippen molar-refractivity contribution in [1.29, 1.82) is 0 Å². The smallest absolute Gasteiger partial charge is 0.409 e. The van der Waals surface area contributed by atoms with Crippen LogP contribution in [-0.4, -0.2) is 51.0 Å². The summed E-state index contributed by atoms with van der Waals surface area (Å²) < 4.78 is 10.0. The molecule has 0 bridgehead atoms. The second-order valence-corrected chi connectivity index (χ2v) is 3.81. The number of carbonyl (C=O) groups excluding carboxylic acids is 1. The van der Waals surface area contributed by atoms with E-state index in [0.29, 0.717) is 32.2 Å². The molecule has 1 atom stereocenters. The van der Waals surface area contributed by atoms with Crippen molar-refractivity contribution in [2.45, 2.75) is 12.8 Å². The Kier molecular flexibility index (Phi) is 5.42. The van der Waals surface area contributed by atoms with Crippen LogP contribution in [0.1, 0.15) is 12.8 Å². The molecule has 2 N–H and O–H groups in total. The predicted molar refractivity (Wildman–Crippen MR) is 56.6 cm³/mol. The molecule has 1 fully saturated rings. The lowest BCUT2D eigenvalue weighted by molar-refractivity contribution is 0.0383. The zero-order chi connectivity index (χ0) is 11.1. The van der Waals surface area contributed by atoms with Crippen molar-refractivity contribution in [1.82, 2.24) is 4.90 Å². The molecule has 88 valence electrons. The molecular formula is C10H20N2O3. The van der Waals surface area contributed by atoms with Gasteiger partial charge in [-0.1, -0.05) is 0 Å². The fourth-order valence-corrected chi connectivity index (χ4v) is 1.71. The first-order valence-corrected chi connectivity index (χ1v) is 5.38. The van der Waals surface area contributed by atoms with Crippen LogP contribution in [0.3, 0.4) is 0 Å². The van der Waals surface area contributed by atoms with Crippen LogP contribution in [0.4, 0.5) is 4.79 Å². The molecule has 5 nitrogen and oxygen atoms in total. The van der Waals surface area contributed by atoms with Crippen LogP contribution in [0.15, 0.2) is 0 Å². The van der Waals surface area contributed by atoms with E-state index in [-0.39, 0.29) is 6.09 Å². The summed E-state index contributed by atoms with van der Waals surface area (Å²) in [5, 5.41) is 0. The molecule has 1 heterocycles. The van der Waals surface area contributed by atoms with Gasteiger partial charge in [0, 0.05) is 32.7 Å². The Morgan fingerprint density at radius 3 is 3.13 bits per heavy atom. The number of hydrogen-bond acceptors (Lipinski definition) is 4. The minimum Gasteiger partial charge on any atom is -0.449 e. The van der Waals surface area contributed by atoms with Gasteiger partial charge < -0.3 is 20.1 Å². The summed E-state index contributed by atoms with van der Waals surface area (Å²) in [7, 11) is 1.66. The number of nitrogens with zero attached hydrogens (tertiary/aromatic N) is 1. The third-order valence-corrected chi connectivity index (χ3v) is 2.53. The highest BCUT2D eigenvalue weighted by Crippen LogP contribution is 2.14. The van der Waals surface area contributed by atoms with Crippen molar-refractivity contribution in [2.75, 3.05) is 40.0 Å². The molecule has 5 heteroatoms. The minimum atomic E-state index is -0.209. The van der Waals surface area contributed by atoms with Crippen LogP contribution in [0.25, 0.3) is 0 Å². The largest absolute Gasteiger partial charge is 0.449 e. The monoisotopic (exact) mass is 216 g/mol. The van der Waals surface area contributed by atoms with Gasteiger partial charge in [-0.3, -0.25) is 0 Å². The normalized spacial score (nSPS) is 21.6. The van der Waals surface area contributed by atoms with Crippen molar-refractivity contribution < 1.29 is 14.3 Å². The zero-order valence-electron chi connectivity index (χ0n) is 9.28. The summed E-state index contributed by atoms with van der Waals surface area (Å²) in [5.74, 6) is 0.384. The van der Waals surface area contributed by atoms with Gasteiger partial charge in [-0.05, 0) is 19.4 Å². The van der Waals surface area contributed by atoms with Gasteiger partial charge in [0.05, 0.1) is 6.61 Å². The Labute approximate surface area is 90.5 Å². The van der Waals surface area contributed by atoms with E-state index in [9.17, 15) is 4.79 Å². The summed E-state index contributed by atoms with van der Waals surface area (Å²) in [6.45, 7) is 3.30. The Bertz CT molecular complexity index is 199. The second kappa shape index (κ2) is 6.63. The topological polar surface area (TPSA) is 64.8 Å². The van der Waals surface area contributed by atoms with Crippen LogP contribution < -0.4 is 5.73 Å². The summed E-state index contributed by atoms with van der Waals surface area (Å²) in [6.07, 6.45) is 1.55. The second-order valence-electron chi connectivity index (χ2n) is 3.81. The van der Waals surface area contributed by atoms with Gasteiger partial charge in [0.1, 0.15) is 0 Å². The lowest BCUT2D eigenvalue weighted by Gasteiger charge is -2.32. The number of rotatable bonds is 6. The van der Waals surface area contributed by atoms with Crippen LogP contribution >= 0.6 is 0 Å². The molecular weight excluding hydrogens is 196 g/mol. The van der Waals surface area contributed by atoms with Crippen molar-refractivity contribution in [3.63, 3.8) is 0 Å². The van der Waals surface area contributed by atoms with Gasteiger partial charge in [0.2, 0.25) is 0 Å². The van der Waals surface area contributed by atoms with E-state index >= 15 is 0 Å². The maximum Gasteiger partial charge on any atom is 0.409 e. The molecule has 1 unspecified atom stereocenters. The Hall–Kier alpha value is -0.810. The summed E-state index contributed by atoms with van der Waals surface area (Å²) >= 11 is 0. The number of amides is 1. The highest BCUT2D eigenvalue weighted by molar-refractivity contribution is 5.68. The van der Waals surface area contributed by atoms with Crippen molar-refractivity contribution in [2.24, 2.45) is 11.7 Å². The van der Waals surface area contributed by atoms with E-state index in [2.05, 4.69) is 0 Å². The molecule has 0 aliphatic carbocycles. The predicted octanol–water partition coefficient (Wildman–Crippen LogP) is 0.440. The number of methoxy groups -OCH3 is 1. The van der Waals surface area contributed by atoms with Crippen LogP contribution in [0.5, 0.6) is 0 Å². The van der Waals surface area contributed by atoms with Crippen molar-refractivity contribution >= 4 is 6.09 Å². The third kappa shape index (κ3) is 4.05. The van der Waals surface area contributed by atoms with Crippen LogP contribution in [0.2, 0.25) is 0 Å². The molecule has 1 rings (SSSR count). The molecule has 0 aromatic heterocycles. The maximum atomic E-state index is 11.4. The first-order valence-electron chi connectivity index (χ1n) is 5.38. The molecule has 1 saturated heterocycles. The van der Waals surface area contributed by atoms with E-state index < -0.39 is 0 Å². The van der Waals surface area contributed by atoms with Crippen LogP contribution in [-0.2, 0) is 9.47 Å². The van der Waals surface area contributed by atoms with Gasteiger partial charge in [0.25, 0.3) is 0 Å². The quantitative estimate of drug-likeness (QED) is 0.654. The molecule has 15 heavy (non-hydrogen) atoms. The van der Waals surface area contributed by atoms with Gasteiger partial charge in [-0.15, -0.1) is 0 Å². The first kappa shape index (κ1) is 12.3. The van der Waals surface area contributed by atoms with Crippen molar-refractivity contribution in [3.8, 4) is 0 Å². The minimum absolute atomic E-state index is 0.209. The lowest BCUT2D eigenvalue weighted by atomic mass is 10.1. The summed E-state index contributed by atoms with van der Waals surface area (Å²) in [5.41, 5.74) is 5.48.